The maximum atomic E-state index is 6.13. The van der Waals surface area contributed by atoms with Gasteiger partial charge in [-0.25, -0.2) is 4.68 Å². The van der Waals surface area contributed by atoms with E-state index < -0.39 is 0 Å². The van der Waals surface area contributed by atoms with Crippen molar-refractivity contribution in [2.24, 2.45) is 7.05 Å². The van der Waals surface area contributed by atoms with Crippen LogP contribution in [0.25, 0.3) is 0 Å². The Morgan fingerprint density at radius 1 is 1.14 bits per heavy atom. The molecule has 1 N–H and O–H groups in total. The summed E-state index contributed by atoms with van der Waals surface area (Å²) in [5.41, 5.74) is 3.46. The molecule has 0 spiro atoms. The molecule has 0 unspecified atom stereocenters. The number of aromatic nitrogens is 4. The van der Waals surface area contributed by atoms with Crippen molar-refractivity contribution < 1.29 is 9.47 Å². The van der Waals surface area contributed by atoms with E-state index >= 15 is 0 Å². The van der Waals surface area contributed by atoms with Crippen LogP contribution in [0.3, 0.4) is 0 Å². The number of hydrogen-bond donors (Lipinski definition) is 1. The van der Waals surface area contributed by atoms with E-state index in [0.717, 1.165) is 53.0 Å². The molecular formula is C21H27N5O2S. The first kappa shape index (κ1) is 21.1. The van der Waals surface area contributed by atoms with Gasteiger partial charge < -0.3 is 14.8 Å². The van der Waals surface area contributed by atoms with Crippen LogP contribution in [0.2, 0.25) is 0 Å². The van der Waals surface area contributed by atoms with Crippen LogP contribution in [0.4, 0.5) is 0 Å². The summed E-state index contributed by atoms with van der Waals surface area (Å²) in [5, 5.41) is 15.8. The van der Waals surface area contributed by atoms with E-state index in [2.05, 4.69) is 58.1 Å². The number of nitrogens with one attached hydrogen (secondary N) is 1. The van der Waals surface area contributed by atoms with Crippen LogP contribution < -0.4 is 14.8 Å². The third-order valence-corrected chi connectivity index (χ3v) is 5.51. The molecule has 0 radical (unpaired) electrons. The molecule has 2 aromatic carbocycles. The van der Waals surface area contributed by atoms with Crippen molar-refractivity contribution >= 4 is 11.8 Å². The summed E-state index contributed by atoms with van der Waals surface area (Å²) in [6, 6.07) is 14.4. The third-order valence-electron chi connectivity index (χ3n) is 4.41. The molecule has 7 nitrogen and oxygen atoms in total. The highest BCUT2D eigenvalue weighted by Gasteiger charge is 2.11. The highest BCUT2D eigenvalue weighted by atomic mass is 32.2. The fourth-order valence-corrected chi connectivity index (χ4v) is 3.58. The zero-order valence-corrected chi connectivity index (χ0v) is 17.9. The number of benzene rings is 2. The summed E-state index contributed by atoms with van der Waals surface area (Å²) in [4.78, 5) is 0. The molecule has 0 saturated carbocycles. The summed E-state index contributed by atoms with van der Waals surface area (Å²) < 4.78 is 13.3. The molecule has 0 aliphatic carbocycles. The van der Waals surface area contributed by atoms with E-state index in [-0.39, 0.29) is 0 Å². The second-order valence-corrected chi connectivity index (χ2v) is 7.75. The van der Waals surface area contributed by atoms with Crippen LogP contribution >= 0.6 is 11.8 Å². The van der Waals surface area contributed by atoms with Crippen molar-refractivity contribution in [2.45, 2.75) is 31.7 Å². The first-order chi connectivity index (χ1) is 14.2. The Bertz CT molecular complexity index is 898. The highest BCUT2D eigenvalue weighted by Crippen LogP contribution is 2.31. The van der Waals surface area contributed by atoms with Gasteiger partial charge in [0.25, 0.3) is 0 Å². The summed E-state index contributed by atoms with van der Waals surface area (Å²) in [6.45, 7) is 4.21. The van der Waals surface area contributed by atoms with Gasteiger partial charge in [0, 0.05) is 24.9 Å². The highest BCUT2D eigenvalue weighted by molar-refractivity contribution is 7.99. The van der Waals surface area contributed by atoms with Gasteiger partial charge in [-0.3, -0.25) is 0 Å². The zero-order chi connectivity index (χ0) is 20.5. The van der Waals surface area contributed by atoms with Gasteiger partial charge >= 0.3 is 0 Å². The Balaban J connectivity index is 1.50. The molecular weight excluding hydrogens is 386 g/mol. The molecule has 3 rings (SSSR count). The molecule has 8 heteroatoms. The van der Waals surface area contributed by atoms with Crippen molar-refractivity contribution in [3.63, 3.8) is 0 Å². The molecule has 0 saturated heterocycles. The molecule has 1 aromatic heterocycles. The van der Waals surface area contributed by atoms with Gasteiger partial charge in [-0.2, -0.15) is 0 Å². The predicted octanol–water partition coefficient (Wildman–Crippen LogP) is 3.38. The number of tetrazole rings is 1. The SMILES string of the molecule is COc1cccc(CNCCCSc2nnnn2C)c1OCc1ccc(C)cc1. The van der Waals surface area contributed by atoms with Gasteiger partial charge in [-0.05, 0) is 41.9 Å². The van der Waals surface area contributed by atoms with Gasteiger partial charge in [0.2, 0.25) is 5.16 Å². The minimum absolute atomic E-state index is 0.510. The number of hydrogen-bond acceptors (Lipinski definition) is 7. The van der Waals surface area contributed by atoms with E-state index in [1.807, 2.05) is 19.2 Å². The summed E-state index contributed by atoms with van der Waals surface area (Å²) in [5.74, 6) is 2.50. The maximum absolute atomic E-state index is 6.13. The van der Waals surface area contributed by atoms with Crippen LogP contribution in [0.1, 0.15) is 23.1 Å². The number of nitrogens with zero attached hydrogens (tertiary/aromatic N) is 4. The minimum Gasteiger partial charge on any atom is -0.493 e. The van der Waals surface area contributed by atoms with Crippen LogP contribution in [-0.4, -0.2) is 39.6 Å². The fourth-order valence-electron chi connectivity index (χ4n) is 2.79. The van der Waals surface area contributed by atoms with Crippen molar-refractivity contribution in [1.82, 2.24) is 25.5 Å². The normalized spacial score (nSPS) is 10.9. The van der Waals surface area contributed by atoms with Crippen LogP contribution in [0.5, 0.6) is 11.5 Å². The lowest BCUT2D eigenvalue weighted by Crippen LogP contribution is -2.16. The second-order valence-electron chi connectivity index (χ2n) is 6.69. The second kappa shape index (κ2) is 10.8. The molecule has 0 fully saturated rings. The van der Waals surface area contributed by atoms with Crippen molar-refractivity contribution in [3.8, 4) is 11.5 Å². The van der Waals surface area contributed by atoms with Crippen LogP contribution in [0, 0.1) is 6.92 Å². The van der Waals surface area contributed by atoms with Gasteiger partial charge in [0.1, 0.15) is 6.61 Å². The standard InChI is InChI=1S/C21H27N5O2S/c1-16-8-10-17(11-9-16)15-28-20-18(6-4-7-19(20)27-3)14-22-12-5-13-29-21-23-24-25-26(21)2/h4,6-11,22H,5,12-15H2,1-3H3. The Morgan fingerprint density at radius 2 is 1.97 bits per heavy atom. The smallest absolute Gasteiger partial charge is 0.209 e. The van der Waals surface area contributed by atoms with Gasteiger partial charge in [-0.1, -0.05) is 53.7 Å². The molecule has 0 bridgehead atoms. The zero-order valence-electron chi connectivity index (χ0n) is 17.1. The first-order valence-corrected chi connectivity index (χ1v) is 10.6. The number of aryl methyl sites for hydroxylation is 2. The molecule has 154 valence electrons. The van der Waals surface area contributed by atoms with Crippen molar-refractivity contribution in [2.75, 3.05) is 19.4 Å². The Morgan fingerprint density at radius 3 is 2.69 bits per heavy atom. The number of para-hydroxylation sites is 1. The summed E-state index contributed by atoms with van der Waals surface area (Å²) in [7, 11) is 3.52. The first-order valence-electron chi connectivity index (χ1n) is 9.57. The molecule has 1 heterocycles. The summed E-state index contributed by atoms with van der Waals surface area (Å²) >= 11 is 1.66. The molecule has 29 heavy (non-hydrogen) atoms. The maximum Gasteiger partial charge on any atom is 0.209 e. The number of rotatable bonds is 11. The van der Waals surface area contributed by atoms with E-state index in [1.54, 1.807) is 23.6 Å². The minimum atomic E-state index is 0.510. The Kier molecular flexibility index (Phi) is 7.89. The van der Waals surface area contributed by atoms with Crippen LogP contribution in [-0.2, 0) is 20.2 Å². The number of methoxy groups -OCH3 is 1. The lowest BCUT2D eigenvalue weighted by atomic mass is 10.1. The average molecular weight is 414 g/mol. The largest absolute Gasteiger partial charge is 0.493 e. The molecule has 0 amide bonds. The van der Waals surface area contributed by atoms with Gasteiger partial charge in [0.15, 0.2) is 11.5 Å². The number of ether oxygens (including phenoxy) is 2. The van der Waals surface area contributed by atoms with Gasteiger partial charge in [0.05, 0.1) is 7.11 Å². The van der Waals surface area contributed by atoms with E-state index in [4.69, 9.17) is 9.47 Å². The third kappa shape index (κ3) is 6.20. The topological polar surface area (TPSA) is 74.1 Å². The Labute approximate surface area is 175 Å². The number of thioether (sulfide) groups is 1. The van der Waals surface area contributed by atoms with Crippen molar-refractivity contribution in [1.29, 1.82) is 0 Å². The monoisotopic (exact) mass is 413 g/mol. The fraction of sp³-hybridized carbons (Fsp3) is 0.381. The van der Waals surface area contributed by atoms with Crippen LogP contribution in [0.15, 0.2) is 47.6 Å². The van der Waals surface area contributed by atoms with E-state index in [9.17, 15) is 0 Å². The van der Waals surface area contributed by atoms with Crippen molar-refractivity contribution in [3.05, 3.63) is 59.2 Å². The van der Waals surface area contributed by atoms with E-state index in [0.29, 0.717) is 6.61 Å². The lowest BCUT2D eigenvalue weighted by Gasteiger charge is -2.16. The predicted molar refractivity (Wildman–Crippen MR) is 114 cm³/mol. The Hall–Kier alpha value is -2.58. The van der Waals surface area contributed by atoms with Gasteiger partial charge in [-0.15, -0.1) is 5.10 Å². The molecule has 0 aliphatic rings. The molecule has 3 aromatic rings. The molecule has 0 atom stereocenters. The molecule has 0 aliphatic heterocycles. The lowest BCUT2D eigenvalue weighted by molar-refractivity contribution is 0.280. The summed E-state index contributed by atoms with van der Waals surface area (Å²) in [6.07, 6.45) is 1.01. The average Bonchev–Trinajstić information content (AvgIpc) is 3.15. The quantitative estimate of drug-likeness (QED) is 0.381. The van der Waals surface area contributed by atoms with E-state index in [1.165, 1.54) is 5.56 Å².